The molecule has 0 radical (unpaired) electrons. The molecule has 110 valence electrons. The van der Waals surface area contributed by atoms with Gasteiger partial charge in [-0.25, -0.2) is 4.68 Å². The fourth-order valence-corrected chi connectivity index (χ4v) is 2.77. The van der Waals surface area contributed by atoms with Crippen molar-refractivity contribution in [2.24, 2.45) is 5.92 Å². The van der Waals surface area contributed by atoms with Crippen molar-refractivity contribution in [3.05, 3.63) is 48.3 Å². The van der Waals surface area contributed by atoms with Crippen LogP contribution in [-0.2, 0) is 0 Å². The van der Waals surface area contributed by atoms with E-state index in [2.05, 4.69) is 5.10 Å². The largest absolute Gasteiger partial charge is 0.396 e. The minimum absolute atomic E-state index is 0.0256. The number of hydrogen-bond donors (Lipinski definition) is 1. The lowest BCUT2D eigenvalue weighted by Crippen LogP contribution is -2.28. The maximum Gasteiger partial charge on any atom is 0.257 e. The smallest absolute Gasteiger partial charge is 0.257 e. The molecule has 1 saturated heterocycles. The number of carbonyl (C=O) groups is 1. The van der Waals surface area contributed by atoms with Crippen LogP contribution in [0.25, 0.3) is 5.69 Å². The number of hydrogen-bond acceptors (Lipinski definition) is 3. The minimum atomic E-state index is 0.0256. The molecular weight excluding hydrogens is 266 g/mol. The predicted octanol–water partition coefficient (Wildman–Crippen LogP) is 1.72. The van der Waals surface area contributed by atoms with Crippen LogP contribution in [0.1, 0.15) is 23.2 Å². The fraction of sp³-hybridized carbons (Fsp3) is 0.375. The number of amides is 1. The molecule has 1 aromatic carbocycles. The van der Waals surface area contributed by atoms with Crippen molar-refractivity contribution in [3.8, 4) is 5.69 Å². The maximum atomic E-state index is 12.5. The molecule has 5 nitrogen and oxygen atoms in total. The normalized spacial score (nSPS) is 18.1. The highest BCUT2D eigenvalue weighted by Crippen LogP contribution is 2.21. The monoisotopic (exact) mass is 285 g/mol. The first-order valence-electron chi connectivity index (χ1n) is 7.28. The van der Waals surface area contributed by atoms with Gasteiger partial charge in [0.25, 0.3) is 5.91 Å². The number of para-hydroxylation sites is 1. The number of rotatable bonds is 4. The van der Waals surface area contributed by atoms with Crippen LogP contribution < -0.4 is 0 Å². The van der Waals surface area contributed by atoms with Gasteiger partial charge in [-0.15, -0.1) is 0 Å². The van der Waals surface area contributed by atoms with Gasteiger partial charge in [-0.3, -0.25) is 4.79 Å². The highest BCUT2D eigenvalue weighted by Gasteiger charge is 2.27. The summed E-state index contributed by atoms with van der Waals surface area (Å²) < 4.78 is 1.72. The molecule has 1 aliphatic heterocycles. The third-order valence-electron chi connectivity index (χ3n) is 3.96. The Morgan fingerprint density at radius 2 is 2.14 bits per heavy atom. The van der Waals surface area contributed by atoms with Gasteiger partial charge in [0.2, 0.25) is 0 Å². The summed E-state index contributed by atoms with van der Waals surface area (Å²) in [4.78, 5) is 14.3. The quantitative estimate of drug-likeness (QED) is 0.930. The van der Waals surface area contributed by atoms with Crippen LogP contribution in [0.4, 0.5) is 0 Å². The molecule has 1 fully saturated rings. The molecule has 0 aliphatic carbocycles. The zero-order valence-electron chi connectivity index (χ0n) is 11.9. The minimum Gasteiger partial charge on any atom is -0.396 e. The van der Waals surface area contributed by atoms with E-state index in [1.54, 1.807) is 17.1 Å². The van der Waals surface area contributed by atoms with Crippen molar-refractivity contribution < 1.29 is 9.90 Å². The average Bonchev–Trinajstić information content (AvgIpc) is 3.17. The van der Waals surface area contributed by atoms with Crippen molar-refractivity contribution in [3.63, 3.8) is 0 Å². The van der Waals surface area contributed by atoms with Gasteiger partial charge in [0.1, 0.15) is 0 Å². The first-order chi connectivity index (χ1) is 10.3. The summed E-state index contributed by atoms with van der Waals surface area (Å²) in [7, 11) is 0. The zero-order valence-corrected chi connectivity index (χ0v) is 11.9. The van der Waals surface area contributed by atoms with Crippen LogP contribution in [0, 0.1) is 5.92 Å². The topological polar surface area (TPSA) is 58.4 Å². The molecule has 21 heavy (non-hydrogen) atoms. The van der Waals surface area contributed by atoms with Crippen LogP contribution in [0.2, 0.25) is 0 Å². The summed E-state index contributed by atoms with van der Waals surface area (Å²) in [6, 6.07) is 9.74. The number of likely N-dealkylation sites (tertiary alicyclic amines) is 1. The molecule has 1 atom stereocenters. The molecule has 1 amide bonds. The Bertz CT molecular complexity index is 609. The molecule has 0 spiro atoms. The van der Waals surface area contributed by atoms with Crippen molar-refractivity contribution in [2.45, 2.75) is 12.8 Å². The van der Waals surface area contributed by atoms with E-state index in [1.165, 1.54) is 0 Å². The fourth-order valence-electron chi connectivity index (χ4n) is 2.77. The summed E-state index contributed by atoms with van der Waals surface area (Å²) in [6.07, 6.45) is 5.14. The van der Waals surface area contributed by atoms with Gasteiger partial charge in [0, 0.05) is 25.9 Å². The number of aliphatic hydroxyl groups is 1. The molecule has 3 rings (SSSR count). The summed E-state index contributed by atoms with van der Waals surface area (Å²) in [5.74, 6) is 0.445. The third-order valence-corrected chi connectivity index (χ3v) is 3.96. The van der Waals surface area contributed by atoms with Gasteiger partial charge in [0.05, 0.1) is 17.4 Å². The first-order valence-corrected chi connectivity index (χ1v) is 7.28. The molecule has 2 heterocycles. The second-order valence-electron chi connectivity index (χ2n) is 5.43. The van der Waals surface area contributed by atoms with E-state index >= 15 is 0 Å². The van der Waals surface area contributed by atoms with Gasteiger partial charge in [0.15, 0.2) is 0 Å². The Hall–Kier alpha value is -2.14. The van der Waals surface area contributed by atoms with Gasteiger partial charge >= 0.3 is 0 Å². The Labute approximate surface area is 123 Å². The number of carbonyl (C=O) groups excluding carboxylic acids is 1. The SMILES string of the molecule is O=C(c1cnn(-c2ccccc2)c1)N1CCC(CCO)C1. The summed E-state index contributed by atoms with van der Waals surface area (Å²) in [6.45, 7) is 1.69. The molecular formula is C16H19N3O2. The van der Waals surface area contributed by atoms with Crippen LogP contribution >= 0.6 is 0 Å². The molecule has 1 aliphatic rings. The van der Waals surface area contributed by atoms with Gasteiger partial charge in [-0.1, -0.05) is 18.2 Å². The molecule has 0 saturated carbocycles. The van der Waals surface area contributed by atoms with Gasteiger partial charge in [-0.05, 0) is 30.9 Å². The van der Waals surface area contributed by atoms with E-state index in [9.17, 15) is 4.79 Å². The van der Waals surface area contributed by atoms with E-state index < -0.39 is 0 Å². The van der Waals surface area contributed by atoms with Gasteiger partial charge in [-0.2, -0.15) is 5.10 Å². The maximum absolute atomic E-state index is 12.5. The van der Waals surface area contributed by atoms with E-state index in [0.29, 0.717) is 11.5 Å². The second-order valence-corrected chi connectivity index (χ2v) is 5.43. The number of aromatic nitrogens is 2. The first kappa shape index (κ1) is 13.8. The zero-order chi connectivity index (χ0) is 14.7. The van der Waals surface area contributed by atoms with Crippen molar-refractivity contribution in [1.82, 2.24) is 14.7 Å². The molecule has 1 N–H and O–H groups in total. The van der Waals surface area contributed by atoms with Crippen LogP contribution in [0.15, 0.2) is 42.7 Å². The summed E-state index contributed by atoms with van der Waals surface area (Å²) in [5.41, 5.74) is 1.56. The van der Waals surface area contributed by atoms with Gasteiger partial charge < -0.3 is 10.0 Å². The second kappa shape index (κ2) is 6.10. The highest BCUT2D eigenvalue weighted by atomic mass is 16.3. The van der Waals surface area contributed by atoms with E-state index in [0.717, 1.165) is 31.6 Å². The van der Waals surface area contributed by atoms with E-state index in [4.69, 9.17) is 5.11 Å². The molecule has 5 heteroatoms. The molecule has 0 bridgehead atoms. The molecule has 2 aromatic rings. The summed E-state index contributed by atoms with van der Waals surface area (Å²) in [5, 5.41) is 13.2. The van der Waals surface area contributed by atoms with Crippen LogP contribution in [-0.4, -0.2) is 45.4 Å². The van der Waals surface area contributed by atoms with Crippen LogP contribution in [0.3, 0.4) is 0 Å². The third kappa shape index (κ3) is 2.97. The van der Waals surface area contributed by atoms with E-state index in [1.807, 2.05) is 35.2 Å². The van der Waals surface area contributed by atoms with Crippen molar-refractivity contribution in [1.29, 1.82) is 0 Å². The van der Waals surface area contributed by atoms with Crippen molar-refractivity contribution in [2.75, 3.05) is 19.7 Å². The lowest BCUT2D eigenvalue weighted by Gasteiger charge is -2.15. The lowest BCUT2D eigenvalue weighted by atomic mass is 10.1. The Morgan fingerprint density at radius 1 is 1.33 bits per heavy atom. The lowest BCUT2D eigenvalue weighted by molar-refractivity contribution is 0.0784. The standard InChI is InChI=1S/C16H19N3O2/c20-9-7-13-6-8-18(11-13)16(21)14-10-17-19(12-14)15-4-2-1-3-5-15/h1-5,10,12-13,20H,6-9,11H2. The predicted molar refractivity (Wildman–Crippen MR) is 79.3 cm³/mol. The number of nitrogens with zero attached hydrogens (tertiary/aromatic N) is 3. The molecule has 1 unspecified atom stereocenters. The number of aliphatic hydroxyl groups excluding tert-OH is 1. The Balaban J connectivity index is 1.70. The Morgan fingerprint density at radius 3 is 2.90 bits per heavy atom. The highest BCUT2D eigenvalue weighted by molar-refractivity contribution is 5.94. The Kier molecular flexibility index (Phi) is 4.01. The number of benzene rings is 1. The van der Waals surface area contributed by atoms with E-state index in [-0.39, 0.29) is 12.5 Å². The summed E-state index contributed by atoms with van der Waals surface area (Å²) >= 11 is 0. The molecule has 1 aromatic heterocycles. The van der Waals surface area contributed by atoms with Crippen LogP contribution in [0.5, 0.6) is 0 Å². The van der Waals surface area contributed by atoms with Crippen molar-refractivity contribution >= 4 is 5.91 Å². The average molecular weight is 285 g/mol.